The molecule has 0 radical (unpaired) electrons. The van der Waals surface area contributed by atoms with Gasteiger partial charge in [0, 0.05) is 17.4 Å². The maximum absolute atomic E-state index is 6.09. The Morgan fingerprint density at radius 2 is 1.95 bits per heavy atom. The number of rotatable bonds is 5. The fourth-order valence-electron chi connectivity index (χ4n) is 3.02. The number of hydrogen-bond acceptors (Lipinski definition) is 2. The van der Waals surface area contributed by atoms with Gasteiger partial charge in [-0.05, 0) is 48.7 Å². The van der Waals surface area contributed by atoms with Crippen molar-refractivity contribution in [2.45, 2.75) is 24.9 Å². The van der Waals surface area contributed by atoms with Crippen LogP contribution >= 0.6 is 15.9 Å². The fraction of sp³-hybridized carbons (Fsp3) is 0.333. The Bertz CT molecular complexity index is 571. The van der Waals surface area contributed by atoms with Crippen LogP contribution in [0.4, 0.5) is 0 Å². The zero-order valence-electron chi connectivity index (χ0n) is 12.2. The predicted octanol–water partition coefficient (Wildman–Crippen LogP) is 4.15. The first-order valence-electron chi connectivity index (χ1n) is 7.41. The lowest BCUT2D eigenvalue weighted by atomic mass is 9.91. The van der Waals surface area contributed by atoms with Gasteiger partial charge in [-0.3, -0.25) is 0 Å². The Hall–Kier alpha value is -1.32. The van der Waals surface area contributed by atoms with E-state index in [-0.39, 0.29) is 6.10 Å². The molecule has 0 bridgehead atoms. The molecule has 1 aliphatic rings. The monoisotopic (exact) mass is 345 g/mol. The van der Waals surface area contributed by atoms with E-state index in [1.807, 2.05) is 13.1 Å². The lowest BCUT2D eigenvalue weighted by Crippen LogP contribution is -2.24. The molecule has 1 N–H and O–H groups in total. The quantitative estimate of drug-likeness (QED) is 0.878. The summed E-state index contributed by atoms with van der Waals surface area (Å²) in [6.07, 6.45) is 2.34. The number of nitrogens with one attached hydrogen (secondary N) is 1. The molecule has 2 aromatic carbocycles. The van der Waals surface area contributed by atoms with E-state index < -0.39 is 0 Å². The van der Waals surface area contributed by atoms with Crippen LogP contribution in [0.5, 0.6) is 5.75 Å². The minimum atomic E-state index is 0.282. The fourth-order valence-corrected chi connectivity index (χ4v) is 3.29. The van der Waals surface area contributed by atoms with Crippen molar-refractivity contribution in [1.82, 2.24) is 5.32 Å². The third kappa shape index (κ3) is 3.47. The first-order chi connectivity index (χ1) is 10.3. The summed E-state index contributed by atoms with van der Waals surface area (Å²) in [6.45, 7) is 0.970. The molecule has 0 saturated carbocycles. The molecule has 3 rings (SSSR count). The molecule has 1 aliphatic heterocycles. The lowest BCUT2D eigenvalue weighted by molar-refractivity contribution is 0.209. The minimum Gasteiger partial charge on any atom is -0.490 e. The van der Waals surface area contributed by atoms with E-state index in [1.165, 1.54) is 11.1 Å². The summed E-state index contributed by atoms with van der Waals surface area (Å²) in [4.78, 5) is 0. The van der Waals surface area contributed by atoms with E-state index in [4.69, 9.17) is 4.74 Å². The van der Waals surface area contributed by atoms with E-state index in [1.54, 1.807) is 0 Å². The molecule has 21 heavy (non-hydrogen) atoms. The molecule has 1 heterocycles. The van der Waals surface area contributed by atoms with Crippen LogP contribution in [-0.4, -0.2) is 19.7 Å². The van der Waals surface area contributed by atoms with Crippen LogP contribution in [0.25, 0.3) is 0 Å². The molecule has 0 amide bonds. The van der Waals surface area contributed by atoms with E-state index >= 15 is 0 Å². The number of likely N-dealkylation sites (N-methyl/N-ethyl adjacent to an activating group) is 1. The molecule has 3 heteroatoms. The number of para-hydroxylation sites is 1. The van der Waals surface area contributed by atoms with Gasteiger partial charge in [0.15, 0.2) is 0 Å². The van der Waals surface area contributed by atoms with Crippen molar-refractivity contribution >= 4 is 15.9 Å². The maximum Gasteiger partial charge on any atom is 0.123 e. The van der Waals surface area contributed by atoms with E-state index in [2.05, 4.69) is 63.7 Å². The van der Waals surface area contributed by atoms with Crippen LogP contribution in [0.15, 0.2) is 53.0 Å². The zero-order chi connectivity index (χ0) is 14.7. The first-order valence-corrected chi connectivity index (χ1v) is 8.20. The molecule has 2 atom stereocenters. The van der Waals surface area contributed by atoms with Gasteiger partial charge >= 0.3 is 0 Å². The number of halogens is 1. The van der Waals surface area contributed by atoms with E-state index in [0.29, 0.717) is 5.92 Å². The van der Waals surface area contributed by atoms with Gasteiger partial charge < -0.3 is 10.1 Å². The van der Waals surface area contributed by atoms with Crippen LogP contribution in [0.2, 0.25) is 0 Å². The molecule has 2 nitrogen and oxygen atoms in total. The summed E-state index contributed by atoms with van der Waals surface area (Å²) < 4.78 is 7.22. The van der Waals surface area contributed by atoms with Crippen molar-refractivity contribution in [2.24, 2.45) is 0 Å². The van der Waals surface area contributed by atoms with E-state index in [9.17, 15) is 0 Å². The maximum atomic E-state index is 6.09. The highest BCUT2D eigenvalue weighted by Gasteiger charge is 2.25. The molecule has 2 unspecified atom stereocenters. The molecule has 0 fully saturated rings. The summed E-state index contributed by atoms with van der Waals surface area (Å²) >= 11 is 3.50. The average Bonchev–Trinajstić information content (AvgIpc) is 2.90. The normalized spacial score (nSPS) is 18.1. The van der Waals surface area contributed by atoms with Crippen molar-refractivity contribution in [1.29, 1.82) is 0 Å². The standard InChI is InChI=1S/C18H20BrNO/c1-20-12-15(13-6-8-16(19)9-7-13)11-17-10-14-4-2-3-5-18(14)21-17/h2-9,15,17,20H,10-12H2,1H3. The van der Waals surface area contributed by atoms with Gasteiger partial charge in [-0.15, -0.1) is 0 Å². The molecular weight excluding hydrogens is 326 g/mol. The van der Waals surface area contributed by atoms with Crippen LogP contribution < -0.4 is 10.1 Å². The number of hydrogen-bond donors (Lipinski definition) is 1. The third-order valence-corrected chi connectivity index (χ3v) is 4.58. The van der Waals surface area contributed by atoms with Crippen LogP contribution in [0.3, 0.4) is 0 Å². The molecule has 0 spiro atoms. The SMILES string of the molecule is CNCC(CC1Cc2ccccc2O1)c1ccc(Br)cc1. The second-order valence-corrected chi connectivity index (χ2v) is 6.51. The van der Waals surface area contributed by atoms with Crippen molar-refractivity contribution in [3.05, 3.63) is 64.1 Å². The zero-order valence-corrected chi connectivity index (χ0v) is 13.8. The molecule has 0 aromatic heterocycles. The Morgan fingerprint density at radius 1 is 1.19 bits per heavy atom. The van der Waals surface area contributed by atoms with Gasteiger partial charge in [-0.2, -0.15) is 0 Å². The Labute approximate surface area is 134 Å². The van der Waals surface area contributed by atoms with Crippen molar-refractivity contribution in [2.75, 3.05) is 13.6 Å². The Morgan fingerprint density at radius 3 is 2.67 bits per heavy atom. The van der Waals surface area contributed by atoms with Crippen molar-refractivity contribution in [3.63, 3.8) is 0 Å². The molecule has 110 valence electrons. The van der Waals surface area contributed by atoms with Crippen LogP contribution in [0.1, 0.15) is 23.5 Å². The highest BCUT2D eigenvalue weighted by atomic mass is 79.9. The molecular formula is C18H20BrNO. The predicted molar refractivity (Wildman–Crippen MR) is 90.0 cm³/mol. The number of fused-ring (bicyclic) bond motifs is 1. The van der Waals surface area contributed by atoms with Gasteiger partial charge in [0.25, 0.3) is 0 Å². The van der Waals surface area contributed by atoms with Crippen LogP contribution in [-0.2, 0) is 6.42 Å². The molecule has 2 aromatic rings. The van der Waals surface area contributed by atoms with Crippen LogP contribution in [0, 0.1) is 0 Å². The number of benzene rings is 2. The first kappa shape index (κ1) is 14.6. The second-order valence-electron chi connectivity index (χ2n) is 5.59. The number of ether oxygens (including phenoxy) is 1. The smallest absolute Gasteiger partial charge is 0.123 e. The Kier molecular flexibility index (Phi) is 4.61. The third-order valence-electron chi connectivity index (χ3n) is 4.05. The summed E-state index contributed by atoms with van der Waals surface area (Å²) in [7, 11) is 2.01. The summed E-state index contributed by atoms with van der Waals surface area (Å²) in [5, 5.41) is 3.31. The molecule has 0 aliphatic carbocycles. The summed E-state index contributed by atoms with van der Waals surface area (Å²) in [5.41, 5.74) is 2.70. The van der Waals surface area contributed by atoms with Gasteiger partial charge in [-0.25, -0.2) is 0 Å². The van der Waals surface area contributed by atoms with Gasteiger partial charge in [-0.1, -0.05) is 46.3 Å². The van der Waals surface area contributed by atoms with Crippen molar-refractivity contribution < 1.29 is 4.74 Å². The lowest BCUT2D eigenvalue weighted by Gasteiger charge is -2.21. The summed E-state index contributed by atoms with van der Waals surface area (Å²) in [6, 6.07) is 17.0. The summed E-state index contributed by atoms with van der Waals surface area (Å²) in [5.74, 6) is 1.53. The average molecular weight is 346 g/mol. The molecule has 0 saturated heterocycles. The Balaban J connectivity index is 1.70. The topological polar surface area (TPSA) is 21.3 Å². The van der Waals surface area contributed by atoms with Gasteiger partial charge in [0.1, 0.15) is 11.9 Å². The van der Waals surface area contributed by atoms with E-state index in [0.717, 1.165) is 29.6 Å². The highest BCUT2D eigenvalue weighted by Crippen LogP contribution is 2.33. The van der Waals surface area contributed by atoms with Crippen molar-refractivity contribution in [3.8, 4) is 5.75 Å². The minimum absolute atomic E-state index is 0.282. The second kappa shape index (κ2) is 6.63. The van der Waals surface area contributed by atoms with Gasteiger partial charge in [0.05, 0.1) is 0 Å². The van der Waals surface area contributed by atoms with Gasteiger partial charge in [0.2, 0.25) is 0 Å². The highest BCUT2D eigenvalue weighted by molar-refractivity contribution is 9.10. The largest absolute Gasteiger partial charge is 0.490 e.